The van der Waals surface area contributed by atoms with Gasteiger partial charge in [-0.25, -0.2) is 15.1 Å². The number of H-pyrrole nitrogens is 1. The van der Waals surface area contributed by atoms with Crippen molar-refractivity contribution >= 4 is 17.5 Å². The number of nitriles is 1. The van der Waals surface area contributed by atoms with E-state index in [0.717, 1.165) is 0 Å². The third-order valence-electron chi connectivity index (χ3n) is 3.67. The van der Waals surface area contributed by atoms with Crippen molar-refractivity contribution in [3.63, 3.8) is 0 Å². The monoisotopic (exact) mass is 381 g/mol. The number of alkyl halides is 2. The van der Waals surface area contributed by atoms with Gasteiger partial charge < -0.3 is 24.8 Å². The first-order valence-corrected chi connectivity index (χ1v) is 8.05. The van der Waals surface area contributed by atoms with Crippen molar-refractivity contribution in [1.82, 2.24) is 20.2 Å². The molecule has 1 saturated heterocycles. The summed E-state index contributed by atoms with van der Waals surface area (Å²) in [6, 6.07) is 3.02. The molecule has 0 aromatic carbocycles. The molecule has 1 fully saturated rings. The van der Waals surface area contributed by atoms with Gasteiger partial charge in [0.1, 0.15) is 12.2 Å². The van der Waals surface area contributed by atoms with Crippen molar-refractivity contribution in [1.29, 1.82) is 5.26 Å². The van der Waals surface area contributed by atoms with Gasteiger partial charge in [-0.2, -0.15) is 19.1 Å². The Hall–Kier alpha value is -3.04. The summed E-state index contributed by atoms with van der Waals surface area (Å²) in [6.07, 6.45) is 1.14. The molecule has 0 aliphatic carbocycles. The van der Waals surface area contributed by atoms with Crippen LogP contribution in [-0.2, 0) is 9.47 Å². The molecule has 10 nitrogen and oxygen atoms in total. The van der Waals surface area contributed by atoms with Gasteiger partial charge in [0.2, 0.25) is 5.88 Å². The highest BCUT2D eigenvalue weighted by molar-refractivity contribution is 5.57. The van der Waals surface area contributed by atoms with Crippen molar-refractivity contribution < 1.29 is 23.0 Å². The molecule has 3 rings (SSSR count). The van der Waals surface area contributed by atoms with E-state index in [1.165, 1.54) is 12.3 Å². The second-order valence-corrected chi connectivity index (χ2v) is 5.60. The van der Waals surface area contributed by atoms with Crippen LogP contribution >= 0.6 is 0 Å². The Morgan fingerprint density at radius 1 is 1.41 bits per heavy atom. The number of anilines is 3. The molecule has 3 heterocycles. The molecule has 0 amide bonds. The summed E-state index contributed by atoms with van der Waals surface area (Å²) in [5.74, 6) is 0.520. The zero-order valence-corrected chi connectivity index (χ0v) is 14.3. The maximum atomic E-state index is 12.2. The fraction of sp³-hybridized carbons (Fsp3) is 0.467. The lowest BCUT2D eigenvalue weighted by Gasteiger charge is -2.29. The van der Waals surface area contributed by atoms with Gasteiger partial charge in [-0.05, 0) is 6.92 Å². The van der Waals surface area contributed by atoms with Crippen LogP contribution in [0.15, 0.2) is 12.3 Å². The number of aromatic amines is 1. The molecule has 0 spiro atoms. The predicted molar refractivity (Wildman–Crippen MR) is 88.9 cm³/mol. The van der Waals surface area contributed by atoms with Crippen LogP contribution in [0.1, 0.15) is 12.6 Å². The molecule has 0 unspecified atom stereocenters. The predicted octanol–water partition coefficient (Wildman–Crippen LogP) is 1.63. The Balaban J connectivity index is 1.71. The Morgan fingerprint density at radius 3 is 2.96 bits per heavy atom. The first kappa shape index (κ1) is 18.7. The number of ether oxygens (including phenoxy) is 3. The van der Waals surface area contributed by atoms with Gasteiger partial charge in [0, 0.05) is 6.07 Å². The lowest BCUT2D eigenvalue weighted by atomic mass is 10.2. The standard InChI is InChI=1S/C15H17F2N7O3/c1-8(10-7-25-2-3-26-10)20-14-9(5-18)19-6-12(22-14)21-11-4-13(24-23-11)27-15(16)17/h4,6,8,10,15H,2-3,7H2,1H3,(H3,20,21,22,23,24)/t8-,10-/m0/s1. The number of nitrogens with one attached hydrogen (secondary N) is 3. The minimum atomic E-state index is -2.96. The second-order valence-electron chi connectivity index (χ2n) is 5.60. The lowest BCUT2D eigenvalue weighted by Crippen LogP contribution is -2.41. The van der Waals surface area contributed by atoms with Crippen molar-refractivity contribution in [3.05, 3.63) is 18.0 Å². The number of halogens is 2. The molecule has 3 N–H and O–H groups in total. The largest absolute Gasteiger partial charge is 0.417 e. The average molecular weight is 381 g/mol. The quantitative estimate of drug-likeness (QED) is 0.655. The number of hydrogen-bond acceptors (Lipinski definition) is 9. The van der Waals surface area contributed by atoms with Crippen LogP contribution in [0.4, 0.5) is 26.2 Å². The van der Waals surface area contributed by atoms with Crippen molar-refractivity contribution in [2.24, 2.45) is 0 Å². The summed E-state index contributed by atoms with van der Waals surface area (Å²) in [5.41, 5.74) is 0.105. The Morgan fingerprint density at radius 2 is 2.26 bits per heavy atom. The van der Waals surface area contributed by atoms with Gasteiger partial charge in [0.25, 0.3) is 0 Å². The van der Waals surface area contributed by atoms with Crippen molar-refractivity contribution in [3.8, 4) is 11.9 Å². The molecular weight excluding hydrogens is 364 g/mol. The van der Waals surface area contributed by atoms with Crippen LogP contribution in [0.3, 0.4) is 0 Å². The Labute approximate surface area is 152 Å². The summed E-state index contributed by atoms with van der Waals surface area (Å²) in [7, 11) is 0. The molecular formula is C15H17F2N7O3. The lowest BCUT2D eigenvalue weighted by molar-refractivity contribution is -0.0925. The average Bonchev–Trinajstić information content (AvgIpc) is 3.08. The molecule has 2 aromatic rings. The fourth-order valence-corrected chi connectivity index (χ4v) is 2.39. The van der Waals surface area contributed by atoms with Crippen molar-refractivity contribution in [2.45, 2.75) is 25.7 Å². The van der Waals surface area contributed by atoms with E-state index in [1.54, 1.807) is 0 Å². The van der Waals surface area contributed by atoms with E-state index in [4.69, 9.17) is 9.47 Å². The third-order valence-corrected chi connectivity index (χ3v) is 3.67. The van der Waals surface area contributed by atoms with E-state index in [0.29, 0.717) is 19.8 Å². The maximum absolute atomic E-state index is 12.2. The van der Waals surface area contributed by atoms with Crippen LogP contribution < -0.4 is 15.4 Å². The highest BCUT2D eigenvalue weighted by Crippen LogP contribution is 2.21. The maximum Gasteiger partial charge on any atom is 0.388 e. The smallest absolute Gasteiger partial charge is 0.388 e. The summed E-state index contributed by atoms with van der Waals surface area (Å²) >= 11 is 0. The molecule has 0 radical (unpaired) electrons. The van der Waals surface area contributed by atoms with Gasteiger partial charge >= 0.3 is 6.61 Å². The van der Waals surface area contributed by atoms with Gasteiger partial charge in [-0.3, -0.25) is 0 Å². The van der Waals surface area contributed by atoms with E-state index in [2.05, 4.69) is 35.5 Å². The summed E-state index contributed by atoms with van der Waals surface area (Å²) in [4.78, 5) is 8.33. The highest BCUT2D eigenvalue weighted by atomic mass is 19.3. The Kier molecular flexibility index (Phi) is 5.94. The molecule has 0 bridgehead atoms. The van der Waals surface area contributed by atoms with E-state index < -0.39 is 6.61 Å². The minimum absolute atomic E-state index is 0.105. The summed E-state index contributed by atoms with van der Waals surface area (Å²) in [5, 5.41) is 21.2. The Bertz CT molecular complexity index is 805. The molecule has 0 saturated carbocycles. The molecule has 12 heteroatoms. The van der Waals surface area contributed by atoms with Crippen LogP contribution in [0.2, 0.25) is 0 Å². The third kappa shape index (κ3) is 4.99. The van der Waals surface area contributed by atoms with E-state index in [1.807, 2.05) is 13.0 Å². The molecule has 2 aromatic heterocycles. The summed E-state index contributed by atoms with van der Waals surface area (Å²) < 4.78 is 39.6. The fourth-order valence-electron chi connectivity index (χ4n) is 2.39. The summed E-state index contributed by atoms with van der Waals surface area (Å²) in [6.45, 7) is 0.395. The minimum Gasteiger partial charge on any atom is -0.417 e. The van der Waals surface area contributed by atoms with Crippen LogP contribution in [0, 0.1) is 11.3 Å². The van der Waals surface area contributed by atoms with E-state index >= 15 is 0 Å². The molecule has 2 atom stereocenters. The number of rotatable bonds is 7. The van der Waals surface area contributed by atoms with Gasteiger partial charge in [-0.15, -0.1) is 0 Å². The number of nitrogens with zero attached hydrogens (tertiary/aromatic N) is 4. The zero-order chi connectivity index (χ0) is 19.2. The van der Waals surface area contributed by atoms with E-state index in [-0.39, 0.29) is 41.2 Å². The normalized spacial score (nSPS) is 18.0. The van der Waals surface area contributed by atoms with Gasteiger partial charge in [0.15, 0.2) is 23.1 Å². The molecule has 144 valence electrons. The van der Waals surface area contributed by atoms with E-state index in [9.17, 15) is 14.0 Å². The SMILES string of the molecule is C[C@H](Nc1nc(Nc2cc(OC(F)F)[nH]n2)cnc1C#N)[C@@H]1COCCO1. The highest BCUT2D eigenvalue weighted by Gasteiger charge is 2.23. The first-order valence-electron chi connectivity index (χ1n) is 8.05. The van der Waals surface area contributed by atoms with Crippen LogP contribution in [0.25, 0.3) is 0 Å². The zero-order valence-electron chi connectivity index (χ0n) is 14.3. The molecule has 27 heavy (non-hydrogen) atoms. The van der Waals surface area contributed by atoms with Crippen LogP contribution in [-0.4, -0.2) is 58.7 Å². The van der Waals surface area contributed by atoms with Crippen molar-refractivity contribution in [2.75, 3.05) is 30.5 Å². The van der Waals surface area contributed by atoms with Crippen LogP contribution in [0.5, 0.6) is 5.88 Å². The van der Waals surface area contributed by atoms with Gasteiger partial charge in [-0.1, -0.05) is 0 Å². The first-order chi connectivity index (χ1) is 13.0. The topological polar surface area (TPSA) is 130 Å². The number of hydrogen-bond donors (Lipinski definition) is 3. The molecule has 1 aliphatic rings. The number of aromatic nitrogens is 4. The second kappa shape index (κ2) is 8.56. The molecule has 1 aliphatic heterocycles. The van der Waals surface area contributed by atoms with Gasteiger partial charge in [0.05, 0.1) is 32.1 Å².